The van der Waals surface area contributed by atoms with Crippen molar-refractivity contribution in [1.82, 2.24) is 0 Å². The summed E-state index contributed by atoms with van der Waals surface area (Å²) in [5.74, 6) is -2.11. The van der Waals surface area contributed by atoms with Crippen molar-refractivity contribution in [2.75, 3.05) is 19.6 Å². The standard InChI is InChI=1S/2C24H16I3O2.2C13H16F2O3.C12H8F2I.C6H5IO.C6H15N.2ClH/c2*25-17-1-9-21(10-2-17)28-23-13-5-19(6-14-23)27-20-7-15-24(16-8-20)29-22-11-3-18(26)4-12-22;2*1-12(14,15)11(17)18-13-4-7-2-8(5-13)10(16)9(3-7)6-13;13-9-1-5-11(6-2-9)15-12-7-3-10(14)4-8-12;7-5-1-3-6(8)4-2-5;1-4-7(5-2)6-3;;/h2*1-16H;2*7-9H,2-6H2,1H3;1-8H;1-4,8H;4-6H2,1-3H3;2*1H/q2*+1;;;+1;;;;/p-1. The number of Topliss-reactive ketones (excluding diaryl/α,β-unsaturated/α-hetero) is 2. The van der Waals surface area contributed by atoms with E-state index in [1.54, 1.807) is 41.3 Å². The van der Waals surface area contributed by atoms with Crippen LogP contribution in [-0.4, -0.2) is 71.3 Å². The maximum atomic E-state index is 12.9. The van der Waals surface area contributed by atoms with E-state index in [2.05, 4.69) is 182 Å². The Labute approximate surface area is 844 Å². The highest BCUT2D eigenvalue weighted by Gasteiger charge is 2.60. The van der Waals surface area contributed by atoms with Crippen LogP contribution in [0, 0.1) is 86.4 Å². The van der Waals surface area contributed by atoms with Crippen LogP contribution >= 0.6 is 113 Å². The first-order chi connectivity index (χ1) is 59.2. The lowest BCUT2D eigenvalue weighted by Gasteiger charge is -2.54. The largest absolute Gasteiger partial charge is 1.00 e. The lowest BCUT2D eigenvalue weighted by atomic mass is 9.53. The first-order valence-electron chi connectivity index (χ1n) is 40.4. The van der Waals surface area contributed by atoms with E-state index in [4.69, 9.17) is 33.5 Å². The van der Waals surface area contributed by atoms with Gasteiger partial charge in [0.1, 0.15) is 86.1 Å². The number of carbonyl (C=O) groups excluding carboxylic acids is 4. The van der Waals surface area contributed by atoms with E-state index in [1.165, 1.54) is 72.5 Å². The summed E-state index contributed by atoms with van der Waals surface area (Å²) in [5, 5.41) is 8.75. The van der Waals surface area contributed by atoms with Crippen LogP contribution in [0.25, 0.3) is 0 Å². The zero-order valence-corrected chi connectivity index (χ0v) is 87.9. The second kappa shape index (κ2) is 49.9. The van der Waals surface area contributed by atoms with Crippen molar-refractivity contribution in [3.05, 3.63) is 318 Å². The summed E-state index contributed by atoms with van der Waals surface area (Å²) in [7, 11) is 0. The third-order valence-electron chi connectivity index (χ3n) is 21.3. The van der Waals surface area contributed by atoms with Crippen LogP contribution < -0.4 is 112 Å². The number of aromatic hydroxyl groups is 1. The molecule has 0 spiro atoms. The Morgan fingerprint density at radius 1 is 0.349 bits per heavy atom. The third-order valence-corrected chi connectivity index (χ3v) is 32.9. The highest BCUT2D eigenvalue weighted by molar-refractivity contribution is 14.1. The fourth-order valence-corrected chi connectivity index (χ4v) is 23.8. The molecule has 4 atom stereocenters. The van der Waals surface area contributed by atoms with E-state index in [1.807, 2.05) is 158 Å². The number of phenols is 1. The van der Waals surface area contributed by atoms with Crippen molar-refractivity contribution in [3.8, 4) is 51.7 Å². The molecule has 126 heavy (non-hydrogen) atoms. The van der Waals surface area contributed by atoms with E-state index in [0.717, 1.165) is 82.4 Å². The summed E-state index contributed by atoms with van der Waals surface area (Å²) in [6, 6.07) is 85.9. The molecule has 666 valence electrons. The minimum Gasteiger partial charge on any atom is -1.00 e. The van der Waals surface area contributed by atoms with Crippen LogP contribution in [0.4, 0.5) is 26.3 Å². The number of halogens is 16. The number of benzene rings is 11. The van der Waals surface area contributed by atoms with Crippen molar-refractivity contribution in [1.29, 1.82) is 0 Å². The van der Waals surface area contributed by atoms with Gasteiger partial charge in [-0.25, -0.2) is 18.4 Å². The lowest BCUT2D eigenvalue weighted by Crippen LogP contribution is -3.61. The average molecular weight is 2660 g/mol. The molecule has 8 saturated carbocycles. The molecule has 2 N–H and O–H groups in total. The molecule has 4 unspecified atom stereocenters. The Morgan fingerprint density at radius 2 is 0.540 bits per heavy atom. The van der Waals surface area contributed by atoms with E-state index >= 15 is 0 Å². The maximum Gasteiger partial charge on any atom is 0.377 e. The van der Waals surface area contributed by atoms with Gasteiger partial charge in [-0.15, -0.1) is 0 Å². The number of alkyl halides is 4. The molecule has 0 saturated heterocycles. The third kappa shape index (κ3) is 33.1. The predicted molar refractivity (Wildman–Crippen MR) is 497 cm³/mol. The molecule has 11 aromatic carbocycles. The van der Waals surface area contributed by atoms with Crippen LogP contribution in [0.3, 0.4) is 0 Å². The van der Waals surface area contributed by atoms with Gasteiger partial charge in [-0.2, -0.15) is 17.6 Å². The summed E-state index contributed by atoms with van der Waals surface area (Å²) >= 11 is 10.5. The van der Waals surface area contributed by atoms with Crippen LogP contribution in [0.1, 0.15) is 98.8 Å². The highest BCUT2D eigenvalue weighted by atomic mass is 127. The molecule has 28 heteroatoms. The SMILES string of the molecule is CC(F)(F)C(=O)OC12CC3CC(C1)C(=O)C(C3)C2.CC(F)(F)C(=O)OC12CC3CC(C1)C(=O)C(C3)C2.CC[NH+](CC)CC.Fc1ccc([I+]c2ccc(F)cc2)cc1.Ic1ccc(Oc2ccc([I+]c3ccc(Oc4ccc(I)cc4)cc3)cc2)cc1.Ic1ccc(Oc2ccc([I+]c3ccc(Oc4ccc(I)cc4)cc3)cc2)cc1.Oc1ccc(I)cc1.[Cl-].[Cl-]. The quantitative estimate of drug-likeness (QED) is 0.0403. The number of phenolic OH excluding ortho intramolecular Hbond substituents is 1. The Bertz CT molecular complexity index is 4730. The minimum absolute atomic E-state index is 0. The Morgan fingerprint density at radius 3 is 0.722 bits per heavy atom. The van der Waals surface area contributed by atoms with Gasteiger partial charge in [0.05, 0.1) is 19.6 Å². The van der Waals surface area contributed by atoms with E-state index in [0.29, 0.717) is 70.0 Å². The summed E-state index contributed by atoms with van der Waals surface area (Å²) in [5.41, 5.74) is -1.58. The molecular weight excluding hydrogens is 2570 g/mol. The normalized spacial score (nSPS) is 19.3. The molecule has 8 fully saturated rings. The first kappa shape index (κ1) is 104. The summed E-state index contributed by atoms with van der Waals surface area (Å²) in [6.07, 6.45) is 6.45. The topological polar surface area (TPSA) is 148 Å². The van der Waals surface area contributed by atoms with Crippen molar-refractivity contribution >= 4 is 136 Å². The Kier molecular flexibility index (Phi) is 41.4. The first-order valence-corrected chi connectivity index (χ1v) is 52.3. The van der Waals surface area contributed by atoms with Gasteiger partial charge in [-0.05, 0) is 477 Å². The number of esters is 2. The zero-order chi connectivity index (χ0) is 88.7. The van der Waals surface area contributed by atoms with Gasteiger partial charge in [-0.1, -0.05) is 0 Å². The molecule has 8 bridgehead atoms. The number of hydrogen-bond donors (Lipinski definition) is 2. The van der Waals surface area contributed by atoms with Gasteiger partial charge in [0.2, 0.25) is 0 Å². The van der Waals surface area contributed by atoms with Crippen LogP contribution in [0.2, 0.25) is 0 Å². The number of ether oxygens (including phenoxy) is 6. The molecule has 12 nitrogen and oxygen atoms in total. The number of hydrogen-bond acceptors (Lipinski definition) is 11. The number of carbonyl (C=O) groups is 4. The van der Waals surface area contributed by atoms with Gasteiger partial charge in [0, 0.05) is 55.4 Å². The monoisotopic (exact) mass is 2660 g/mol. The minimum atomic E-state index is -3.45. The Hall–Kier alpha value is -5.34. The molecule has 0 aliphatic heterocycles. The van der Waals surface area contributed by atoms with Gasteiger partial charge < -0.3 is 63.2 Å². The van der Waals surface area contributed by atoms with Crippen LogP contribution in [0.5, 0.6) is 51.7 Å². The second-order valence-corrected chi connectivity index (χ2v) is 46.2. The molecule has 0 amide bonds. The van der Waals surface area contributed by atoms with Crippen molar-refractivity contribution in [2.24, 2.45) is 35.5 Å². The van der Waals surface area contributed by atoms with Crippen LogP contribution in [-0.2, 0) is 28.7 Å². The summed E-state index contributed by atoms with van der Waals surface area (Å²) in [4.78, 5) is 48.2. The lowest BCUT2D eigenvalue weighted by molar-refractivity contribution is -0.894. The second-order valence-electron chi connectivity index (χ2n) is 30.9. The fourth-order valence-electron chi connectivity index (χ4n) is 15.5. The van der Waals surface area contributed by atoms with Gasteiger partial charge in [0.25, 0.3) is 0 Å². The summed E-state index contributed by atoms with van der Waals surface area (Å²) < 4.78 is 125. The Balaban J connectivity index is 0.000000173. The number of ketones is 2. The van der Waals surface area contributed by atoms with Gasteiger partial charge in [0.15, 0.2) is 21.4 Å². The number of rotatable bonds is 21. The van der Waals surface area contributed by atoms with E-state index in [9.17, 15) is 45.5 Å². The fraction of sp³-hybridized carbons (Fsp3) is 0.286. The molecule has 8 aliphatic carbocycles. The molecular formula is C98H93Cl2F6I8NO11+2. The molecule has 0 heterocycles. The predicted octanol–water partition coefficient (Wildman–Crippen LogP) is 9.91. The van der Waals surface area contributed by atoms with Gasteiger partial charge >= 0.3 is 87.4 Å². The van der Waals surface area contributed by atoms with E-state index < -0.39 is 35.0 Å². The summed E-state index contributed by atoms with van der Waals surface area (Å²) in [6.45, 7) is 11.6. The molecule has 0 aromatic heterocycles. The molecule has 11 aromatic rings. The van der Waals surface area contributed by atoms with Crippen molar-refractivity contribution in [3.63, 3.8) is 0 Å². The number of nitrogens with one attached hydrogen (secondary N) is 1. The van der Waals surface area contributed by atoms with Crippen molar-refractivity contribution < 1.29 is 172 Å². The van der Waals surface area contributed by atoms with Gasteiger partial charge in [-0.3, -0.25) is 9.59 Å². The smallest absolute Gasteiger partial charge is 0.377 e. The zero-order valence-electron chi connectivity index (χ0n) is 69.1. The number of quaternary nitrogens is 1. The maximum absolute atomic E-state index is 12.9. The van der Waals surface area contributed by atoms with Crippen LogP contribution in [0.15, 0.2) is 267 Å². The molecule has 19 rings (SSSR count). The molecule has 8 aliphatic rings. The average Bonchev–Trinajstić information content (AvgIpc) is 0.738. The van der Waals surface area contributed by atoms with E-state index in [-0.39, 0.29) is 135 Å². The van der Waals surface area contributed by atoms with Crippen molar-refractivity contribution in [2.45, 2.75) is 122 Å². The highest BCUT2D eigenvalue weighted by Crippen LogP contribution is 2.57. The molecule has 0 radical (unpaired) electrons.